The molecule has 0 amide bonds. The van der Waals surface area contributed by atoms with Crippen molar-refractivity contribution in [2.24, 2.45) is 0 Å². The second-order valence-corrected chi connectivity index (χ2v) is 9.41. The number of thiophene rings is 1. The van der Waals surface area contributed by atoms with Crippen molar-refractivity contribution in [3.8, 4) is 5.75 Å². The maximum atomic E-state index is 13.5. The molecule has 5 rings (SSSR count). The highest BCUT2D eigenvalue weighted by Crippen LogP contribution is 2.45. The average Bonchev–Trinajstić information content (AvgIpc) is 3.22. The van der Waals surface area contributed by atoms with Gasteiger partial charge in [-0.3, -0.25) is 4.79 Å². The van der Waals surface area contributed by atoms with Crippen molar-refractivity contribution in [1.82, 2.24) is 0 Å². The topological polar surface area (TPSA) is 50.4 Å². The summed E-state index contributed by atoms with van der Waals surface area (Å²) in [7, 11) is 1.65. The molecule has 1 aromatic heterocycles. The van der Waals surface area contributed by atoms with Crippen molar-refractivity contribution < 1.29 is 9.53 Å². The van der Waals surface area contributed by atoms with Gasteiger partial charge >= 0.3 is 0 Å². The number of rotatable bonds is 3. The van der Waals surface area contributed by atoms with Crippen LogP contribution in [0.15, 0.2) is 75.7 Å². The molecule has 0 fully saturated rings. The molecule has 2 unspecified atom stereocenters. The molecule has 3 aromatic rings. The van der Waals surface area contributed by atoms with Crippen LogP contribution in [0.5, 0.6) is 5.75 Å². The first-order chi connectivity index (χ1) is 14.6. The van der Waals surface area contributed by atoms with Crippen molar-refractivity contribution in [2.45, 2.75) is 24.8 Å². The quantitative estimate of drug-likeness (QED) is 0.449. The Hall–Kier alpha value is -2.57. The lowest BCUT2D eigenvalue weighted by Gasteiger charge is -2.29. The van der Waals surface area contributed by atoms with Crippen molar-refractivity contribution in [3.05, 3.63) is 86.2 Å². The summed E-state index contributed by atoms with van der Waals surface area (Å²) < 4.78 is 6.27. The number of methoxy groups -OCH3 is 1. The lowest BCUT2D eigenvalue weighted by atomic mass is 9.81. The second kappa shape index (κ2) is 7.93. The predicted octanol–water partition coefficient (Wildman–Crippen LogP) is 6.50. The van der Waals surface area contributed by atoms with Crippen LogP contribution in [0.4, 0.5) is 11.4 Å². The predicted molar refractivity (Wildman–Crippen MR) is 125 cm³/mol. The first-order valence-corrected chi connectivity index (χ1v) is 11.6. The average molecular weight is 481 g/mol. The Morgan fingerprint density at radius 1 is 1.07 bits per heavy atom. The number of benzene rings is 2. The second-order valence-electron chi connectivity index (χ2n) is 7.58. The number of carbonyl (C=O) groups is 1. The van der Waals surface area contributed by atoms with Gasteiger partial charge in [0.1, 0.15) is 5.75 Å². The molecule has 6 heteroatoms. The number of nitrogens with one attached hydrogen (secondary N) is 2. The highest BCUT2D eigenvalue weighted by atomic mass is 79.9. The van der Waals surface area contributed by atoms with E-state index in [9.17, 15) is 4.79 Å². The zero-order chi connectivity index (χ0) is 20.7. The highest BCUT2D eigenvalue weighted by molar-refractivity contribution is 9.10. The maximum Gasteiger partial charge on any atom is 0.163 e. The fourth-order valence-corrected chi connectivity index (χ4v) is 5.72. The van der Waals surface area contributed by atoms with E-state index in [0.29, 0.717) is 6.42 Å². The van der Waals surface area contributed by atoms with Gasteiger partial charge in [0.05, 0.1) is 29.0 Å². The number of carbonyl (C=O) groups excluding carboxylic acids is 1. The normalized spacial score (nSPS) is 20.5. The molecule has 0 saturated heterocycles. The first-order valence-electron chi connectivity index (χ1n) is 9.89. The Morgan fingerprint density at radius 3 is 2.63 bits per heavy atom. The standard InChI is InChI=1S/C24H21BrN2O2S/c1-29-21-9-8-14(11-16(21)25)24-23-19(26-17-5-2-3-6-18(17)27-24)12-15(13-20(23)28)22-7-4-10-30-22/h2-11,15,24,26-27H,12-13H2,1H3. The minimum Gasteiger partial charge on any atom is -0.496 e. The largest absolute Gasteiger partial charge is 0.496 e. The summed E-state index contributed by atoms with van der Waals surface area (Å²) in [5, 5.41) is 9.29. The van der Waals surface area contributed by atoms with Crippen LogP contribution in [-0.2, 0) is 4.79 Å². The minimum atomic E-state index is -0.227. The number of hydrogen-bond donors (Lipinski definition) is 2. The lowest BCUT2D eigenvalue weighted by molar-refractivity contribution is -0.116. The first kappa shape index (κ1) is 19.4. The number of ether oxygens (including phenoxy) is 1. The molecule has 1 aliphatic carbocycles. The lowest BCUT2D eigenvalue weighted by Crippen LogP contribution is -2.26. The van der Waals surface area contributed by atoms with Crippen LogP contribution < -0.4 is 15.4 Å². The summed E-state index contributed by atoms with van der Waals surface area (Å²) in [6.07, 6.45) is 1.36. The number of hydrogen-bond acceptors (Lipinski definition) is 5. The van der Waals surface area contributed by atoms with E-state index >= 15 is 0 Å². The Balaban J connectivity index is 1.62. The number of anilines is 2. The van der Waals surface area contributed by atoms with E-state index < -0.39 is 0 Å². The fourth-order valence-electron chi connectivity index (χ4n) is 4.33. The van der Waals surface area contributed by atoms with Gasteiger partial charge in [-0.15, -0.1) is 11.3 Å². The van der Waals surface area contributed by atoms with Crippen molar-refractivity contribution >= 4 is 44.4 Å². The number of Topliss-reactive ketones (excluding diaryl/α,β-unsaturated/α-hetero) is 1. The van der Waals surface area contributed by atoms with Crippen LogP contribution >= 0.6 is 27.3 Å². The molecule has 0 saturated carbocycles. The van der Waals surface area contributed by atoms with Gasteiger partial charge < -0.3 is 15.4 Å². The van der Waals surface area contributed by atoms with Gasteiger partial charge in [0.2, 0.25) is 0 Å². The molecule has 2 heterocycles. The van der Waals surface area contributed by atoms with E-state index in [-0.39, 0.29) is 17.7 Å². The minimum absolute atomic E-state index is 0.194. The number of allylic oxidation sites excluding steroid dienone is 1. The maximum absolute atomic E-state index is 13.5. The van der Waals surface area contributed by atoms with E-state index in [1.807, 2.05) is 36.4 Å². The molecular weight excluding hydrogens is 460 g/mol. The third-order valence-corrected chi connectivity index (χ3v) is 7.42. The number of fused-ring (bicyclic) bond motifs is 1. The summed E-state index contributed by atoms with van der Waals surface area (Å²) in [6.45, 7) is 0. The monoisotopic (exact) mass is 480 g/mol. The zero-order valence-electron chi connectivity index (χ0n) is 16.4. The van der Waals surface area contributed by atoms with Gasteiger partial charge in [-0.2, -0.15) is 0 Å². The number of halogens is 1. The summed E-state index contributed by atoms with van der Waals surface area (Å²) in [4.78, 5) is 14.7. The Bertz CT molecular complexity index is 1140. The van der Waals surface area contributed by atoms with Crippen LogP contribution in [-0.4, -0.2) is 12.9 Å². The van der Waals surface area contributed by atoms with Crippen LogP contribution in [0.3, 0.4) is 0 Å². The molecule has 30 heavy (non-hydrogen) atoms. The molecule has 1 aliphatic heterocycles. The van der Waals surface area contributed by atoms with Crippen LogP contribution in [0.25, 0.3) is 0 Å². The molecule has 152 valence electrons. The summed E-state index contributed by atoms with van der Waals surface area (Å²) in [5.41, 5.74) is 4.86. The molecule has 2 N–H and O–H groups in total. The fraction of sp³-hybridized carbons (Fsp3) is 0.208. The van der Waals surface area contributed by atoms with Crippen molar-refractivity contribution in [3.63, 3.8) is 0 Å². The summed E-state index contributed by atoms with van der Waals surface area (Å²) >= 11 is 5.32. The van der Waals surface area contributed by atoms with Crippen LogP contribution in [0.1, 0.15) is 35.2 Å². The molecule has 4 nitrogen and oxygen atoms in total. The summed E-state index contributed by atoms with van der Waals surface area (Å²) in [5.74, 6) is 1.18. The zero-order valence-corrected chi connectivity index (χ0v) is 18.8. The van der Waals surface area contributed by atoms with Crippen LogP contribution in [0.2, 0.25) is 0 Å². The highest BCUT2D eigenvalue weighted by Gasteiger charge is 2.36. The van der Waals surface area contributed by atoms with Gasteiger partial charge in [0.25, 0.3) is 0 Å². The van der Waals surface area contributed by atoms with E-state index in [1.54, 1.807) is 18.4 Å². The molecule has 2 aliphatic rings. The van der Waals surface area contributed by atoms with Gasteiger partial charge in [0, 0.05) is 28.5 Å². The van der Waals surface area contributed by atoms with Gasteiger partial charge in [0.15, 0.2) is 5.78 Å². The van der Waals surface area contributed by atoms with Crippen LogP contribution in [0, 0.1) is 0 Å². The van der Waals surface area contributed by atoms with Gasteiger partial charge in [-0.05, 0) is 63.6 Å². The Kier molecular flexibility index (Phi) is 5.13. The molecule has 0 radical (unpaired) electrons. The molecule has 2 aromatic carbocycles. The molecule has 2 atom stereocenters. The van der Waals surface area contributed by atoms with E-state index in [1.165, 1.54) is 4.88 Å². The van der Waals surface area contributed by atoms with Gasteiger partial charge in [-0.25, -0.2) is 0 Å². The third kappa shape index (κ3) is 3.44. The smallest absolute Gasteiger partial charge is 0.163 e. The number of ketones is 1. The Labute approximate surface area is 188 Å². The molecular formula is C24H21BrN2O2S. The van der Waals surface area contributed by atoms with E-state index in [4.69, 9.17) is 4.74 Å². The van der Waals surface area contributed by atoms with Crippen molar-refractivity contribution in [1.29, 1.82) is 0 Å². The Morgan fingerprint density at radius 2 is 1.90 bits per heavy atom. The number of para-hydroxylation sites is 2. The summed E-state index contributed by atoms with van der Waals surface area (Å²) in [6, 6.07) is 18.1. The molecule has 0 bridgehead atoms. The van der Waals surface area contributed by atoms with E-state index in [0.717, 1.165) is 44.9 Å². The van der Waals surface area contributed by atoms with Gasteiger partial charge in [-0.1, -0.05) is 24.3 Å². The third-order valence-electron chi connectivity index (χ3n) is 5.76. The van der Waals surface area contributed by atoms with E-state index in [2.05, 4.69) is 50.1 Å². The SMILES string of the molecule is COc1ccc(C2Nc3ccccc3NC3=C2C(=O)CC(c2cccs2)C3)cc1Br. The van der Waals surface area contributed by atoms with Crippen molar-refractivity contribution in [2.75, 3.05) is 17.7 Å². The molecule has 0 spiro atoms.